The van der Waals surface area contributed by atoms with Crippen LogP contribution in [0.15, 0.2) is 31.0 Å². The molecular weight excluding hydrogens is 162 g/mol. The van der Waals surface area contributed by atoms with Crippen LogP contribution in [0.1, 0.15) is 37.1 Å². The van der Waals surface area contributed by atoms with Gasteiger partial charge in [0.25, 0.3) is 0 Å². The first-order valence-electron chi connectivity index (χ1n) is 4.42. The van der Waals surface area contributed by atoms with E-state index in [9.17, 15) is 5.11 Å². The molecule has 0 amide bonds. The Hall–Kier alpha value is -1.15. The maximum absolute atomic E-state index is 9.60. The van der Waals surface area contributed by atoms with Crippen molar-refractivity contribution >= 4 is 0 Å². The van der Waals surface area contributed by atoms with Gasteiger partial charge in [-0.25, -0.2) is 0 Å². The van der Waals surface area contributed by atoms with Gasteiger partial charge in [0.2, 0.25) is 0 Å². The molecular formula is C11H15NO. The van der Waals surface area contributed by atoms with Crippen LogP contribution < -0.4 is 0 Å². The minimum absolute atomic E-state index is 0.325. The van der Waals surface area contributed by atoms with Crippen molar-refractivity contribution in [1.82, 2.24) is 4.98 Å². The molecule has 1 aromatic rings. The standard InChI is InChI=1S/C11H15NO/c1-4-10(13)9-6-5-7-12-11(9)8(2)3/h4-8,10,13H,1H2,2-3H3. The third-order valence-electron chi connectivity index (χ3n) is 1.96. The maximum atomic E-state index is 9.60. The lowest BCUT2D eigenvalue weighted by Crippen LogP contribution is -2.03. The van der Waals surface area contributed by atoms with E-state index in [1.54, 1.807) is 6.20 Å². The first-order valence-corrected chi connectivity index (χ1v) is 4.42. The number of hydrogen-bond donors (Lipinski definition) is 1. The maximum Gasteiger partial charge on any atom is 0.0986 e. The molecule has 1 rings (SSSR count). The van der Waals surface area contributed by atoms with Gasteiger partial charge in [-0.2, -0.15) is 0 Å². The number of rotatable bonds is 3. The number of nitrogens with zero attached hydrogens (tertiary/aromatic N) is 1. The average Bonchev–Trinajstić information content (AvgIpc) is 2.16. The van der Waals surface area contributed by atoms with Crippen molar-refractivity contribution in [3.63, 3.8) is 0 Å². The summed E-state index contributed by atoms with van der Waals surface area (Å²) in [6.07, 6.45) is 2.66. The fourth-order valence-corrected chi connectivity index (χ4v) is 1.29. The lowest BCUT2D eigenvalue weighted by molar-refractivity contribution is 0.227. The van der Waals surface area contributed by atoms with Crippen molar-refractivity contribution in [2.75, 3.05) is 0 Å². The van der Waals surface area contributed by atoms with E-state index in [4.69, 9.17) is 0 Å². The van der Waals surface area contributed by atoms with E-state index < -0.39 is 6.10 Å². The molecule has 13 heavy (non-hydrogen) atoms. The molecule has 2 nitrogen and oxygen atoms in total. The second kappa shape index (κ2) is 4.19. The summed E-state index contributed by atoms with van der Waals surface area (Å²) in [6.45, 7) is 7.67. The average molecular weight is 177 g/mol. The predicted molar refractivity (Wildman–Crippen MR) is 53.5 cm³/mol. The number of pyridine rings is 1. The van der Waals surface area contributed by atoms with Gasteiger partial charge in [-0.15, -0.1) is 6.58 Å². The molecule has 0 saturated carbocycles. The fraction of sp³-hybridized carbons (Fsp3) is 0.364. The van der Waals surface area contributed by atoms with E-state index in [1.807, 2.05) is 12.1 Å². The number of aliphatic hydroxyl groups excluding tert-OH is 1. The second-order valence-electron chi connectivity index (χ2n) is 3.31. The van der Waals surface area contributed by atoms with E-state index in [0.717, 1.165) is 11.3 Å². The van der Waals surface area contributed by atoms with Gasteiger partial charge in [-0.1, -0.05) is 26.0 Å². The molecule has 0 aliphatic rings. The Bertz CT molecular complexity index is 294. The zero-order valence-corrected chi connectivity index (χ0v) is 8.07. The van der Waals surface area contributed by atoms with Crippen molar-refractivity contribution in [2.24, 2.45) is 0 Å². The Morgan fingerprint density at radius 1 is 1.54 bits per heavy atom. The summed E-state index contributed by atoms with van der Waals surface area (Å²) < 4.78 is 0. The minimum Gasteiger partial charge on any atom is -0.384 e. The zero-order chi connectivity index (χ0) is 9.84. The van der Waals surface area contributed by atoms with Crippen LogP contribution in [0.5, 0.6) is 0 Å². The molecule has 1 atom stereocenters. The van der Waals surface area contributed by atoms with Crippen molar-refractivity contribution in [3.05, 3.63) is 42.2 Å². The zero-order valence-electron chi connectivity index (χ0n) is 8.07. The van der Waals surface area contributed by atoms with Gasteiger partial charge in [0.05, 0.1) is 6.10 Å². The lowest BCUT2D eigenvalue weighted by Gasteiger charge is -2.13. The van der Waals surface area contributed by atoms with Gasteiger partial charge in [-0.3, -0.25) is 4.98 Å². The summed E-state index contributed by atoms with van der Waals surface area (Å²) >= 11 is 0. The molecule has 70 valence electrons. The molecule has 2 heteroatoms. The summed E-state index contributed by atoms with van der Waals surface area (Å²) in [4.78, 5) is 4.24. The minimum atomic E-state index is -0.605. The van der Waals surface area contributed by atoms with Crippen LogP contribution in [0.4, 0.5) is 0 Å². The van der Waals surface area contributed by atoms with Gasteiger partial charge >= 0.3 is 0 Å². The topological polar surface area (TPSA) is 33.1 Å². The van der Waals surface area contributed by atoms with Crippen LogP contribution in [-0.4, -0.2) is 10.1 Å². The van der Waals surface area contributed by atoms with Crippen molar-refractivity contribution in [1.29, 1.82) is 0 Å². The van der Waals surface area contributed by atoms with Crippen LogP contribution in [0.3, 0.4) is 0 Å². The third-order valence-corrected chi connectivity index (χ3v) is 1.96. The van der Waals surface area contributed by atoms with Crippen LogP contribution in [0, 0.1) is 0 Å². The Morgan fingerprint density at radius 3 is 2.77 bits per heavy atom. The molecule has 0 aromatic carbocycles. The molecule has 0 fully saturated rings. The van der Waals surface area contributed by atoms with Crippen LogP contribution in [0.25, 0.3) is 0 Å². The first kappa shape index (κ1) is 9.93. The van der Waals surface area contributed by atoms with E-state index in [1.165, 1.54) is 6.08 Å². The van der Waals surface area contributed by atoms with Gasteiger partial charge in [0.1, 0.15) is 0 Å². The van der Waals surface area contributed by atoms with Crippen LogP contribution in [-0.2, 0) is 0 Å². The summed E-state index contributed by atoms with van der Waals surface area (Å²) in [6, 6.07) is 3.71. The molecule has 1 unspecified atom stereocenters. The molecule has 1 aromatic heterocycles. The summed E-state index contributed by atoms with van der Waals surface area (Å²) in [7, 11) is 0. The number of aliphatic hydroxyl groups is 1. The van der Waals surface area contributed by atoms with E-state index >= 15 is 0 Å². The van der Waals surface area contributed by atoms with Crippen molar-refractivity contribution < 1.29 is 5.11 Å². The van der Waals surface area contributed by atoms with Crippen LogP contribution >= 0.6 is 0 Å². The normalized spacial score (nSPS) is 12.9. The SMILES string of the molecule is C=CC(O)c1cccnc1C(C)C. The smallest absolute Gasteiger partial charge is 0.0986 e. The first-order chi connectivity index (χ1) is 6.16. The quantitative estimate of drug-likeness (QED) is 0.719. The van der Waals surface area contributed by atoms with Gasteiger partial charge in [0.15, 0.2) is 0 Å². The van der Waals surface area contributed by atoms with Gasteiger partial charge < -0.3 is 5.11 Å². The summed E-state index contributed by atoms with van der Waals surface area (Å²) in [5, 5.41) is 9.60. The lowest BCUT2D eigenvalue weighted by atomic mass is 10.00. The summed E-state index contributed by atoms with van der Waals surface area (Å²) in [5.41, 5.74) is 1.79. The van der Waals surface area contributed by atoms with E-state index in [2.05, 4.69) is 25.4 Å². The molecule has 0 bridgehead atoms. The highest BCUT2D eigenvalue weighted by atomic mass is 16.3. The van der Waals surface area contributed by atoms with Crippen molar-refractivity contribution in [2.45, 2.75) is 25.9 Å². The van der Waals surface area contributed by atoms with E-state index in [0.29, 0.717) is 5.92 Å². The Kier molecular flexibility index (Phi) is 3.20. The second-order valence-corrected chi connectivity index (χ2v) is 3.31. The van der Waals surface area contributed by atoms with Gasteiger partial charge in [0, 0.05) is 17.5 Å². The molecule has 1 heterocycles. The number of aromatic nitrogens is 1. The van der Waals surface area contributed by atoms with Crippen LogP contribution in [0.2, 0.25) is 0 Å². The molecule has 0 spiro atoms. The molecule has 0 aliphatic carbocycles. The Balaban J connectivity index is 3.11. The Morgan fingerprint density at radius 2 is 2.23 bits per heavy atom. The highest BCUT2D eigenvalue weighted by molar-refractivity contribution is 5.27. The molecule has 0 saturated heterocycles. The predicted octanol–water partition coefficient (Wildman–Crippen LogP) is 2.42. The molecule has 0 radical (unpaired) electrons. The number of hydrogen-bond acceptors (Lipinski definition) is 2. The monoisotopic (exact) mass is 177 g/mol. The third kappa shape index (κ3) is 2.16. The van der Waals surface area contributed by atoms with E-state index in [-0.39, 0.29) is 0 Å². The highest BCUT2D eigenvalue weighted by Gasteiger charge is 2.11. The molecule has 1 N–H and O–H groups in total. The van der Waals surface area contributed by atoms with Crippen molar-refractivity contribution in [3.8, 4) is 0 Å². The highest BCUT2D eigenvalue weighted by Crippen LogP contribution is 2.22. The fourth-order valence-electron chi connectivity index (χ4n) is 1.29. The van der Waals surface area contributed by atoms with Gasteiger partial charge in [-0.05, 0) is 12.0 Å². The Labute approximate surface area is 78.9 Å². The largest absolute Gasteiger partial charge is 0.384 e. The molecule has 0 aliphatic heterocycles. The summed E-state index contributed by atoms with van der Waals surface area (Å²) in [5.74, 6) is 0.325.